The average molecular weight is 306 g/mol. The van der Waals surface area contributed by atoms with Gasteiger partial charge in [-0.25, -0.2) is 0 Å². The molecule has 3 unspecified atom stereocenters. The second-order valence-electron chi connectivity index (χ2n) is 6.20. The maximum Gasteiger partial charge on any atom is 0.241 e. The van der Waals surface area contributed by atoms with Gasteiger partial charge in [-0.2, -0.15) is 0 Å². The highest BCUT2D eigenvalue weighted by atomic mass is 16.5. The number of rotatable bonds is 4. The van der Waals surface area contributed by atoms with Crippen molar-refractivity contribution in [3.8, 4) is 5.75 Å². The zero-order chi connectivity index (χ0) is 16.3. The molecular weight excluding hydrogens is 280 g/mol. The number of likely N-dealkylation sites (tertiary alicyclic amines) is 1. The number of piperidine rings is 1. The predicted octanol–water partition coefficient (Wildman–Crippen LogP) is 2.03. The first-order valence-electron chi connectivity index (χ1n) is 7.80. The molecule has 0 aliphatic carbocycles. The molecule has 5 nitrogen and oxygen atoms in total. The number of amides is 1. The van der Waals surface area contributed by atoms with E-state index in [1.54, 1.807) is 7.11 Å². The first-order chi connectivity index (χ1) is 10.4. The second kappa shape index (κ2) is 7.11. The Morgan fingerprint density at radius 2 is 2.23 bits per heavy atom. The third-order valence-electron chi connectivity index (χ3n) is 4.49. The number of nitrogens with one attached hydrogen (secondary N) is 1. The minimum absolute atomic E-state index is 0.0781. The normalized spacial score (nSPS) is 23.9. The Labute approximate surface area is 132 Å². The van der Waals surface area contributed by atoms with Crippen molar-refractivity contribution in [2.24, 2.45) is 5.92 Å². The van der Waals surface area contributed by atoms with Crippen LogP contribution in [0.4, 0.5) is 5.69 Å². The van der Waals surface area contributed by atoms with Crippen molar-refractivity contribution in [3.05, 3.63) is 23.8 Å². The number of aryl methyl sites for hydroxylation is 1. The minimum atomic E-state index is -0.363. The summed E-state index contributed by atoms with van der Waals surface area (Å²) in [6, 6.07) is 5.41. The van der Waals surface area contributed by atoms with Gasteiger partial charge in [-0.15, -0.1) is 0 Å². The first-order valence-corrected chi connectivity index (χ1v) is 7.80. The monoisotopic (exact) mass is 306 g/mol. The van der Waals surface area contributed by atoms with Crippen molar-refractivity contribution in [1.29, 1.82) is 0 Å². The van der Waals surface area contributed by atoms with Gasteiger partial charge in [0.15, 0.2) is 0 Å². The molecule has 5 heteroatoms. The molecule has 1 saturated heterocycles. The number of carbonyl (C=O) groups is 1. The molecule has 0 spiro atoms. The Kier molecular flexibility index (Phi) is 5.42. The summed E-state index contributed by atoms with van der Waals surface area (Å²) in [4.78, 5) is 14.5. The van der Waals surface area contributed by atoms with Gasteiger partial charge in [0.2, 0.25) is 5.91 Å². The van der Waals surface area contributed by atoms with Crippen LogP contribution in [0.25, 0.3) is 0 Å². The van der Waals surface area contributed by atoms with Gasteiger partial charge < -0.3 is 15.2 Å². The third kappa shape index (κ3) is 3.78. The lowest BCUT2D eigenvalue weighted by Gasteiger charge is -2.37. The van der Waals surface area contributed by atoms with Crippen LogP contribution in [-0.2, 0) is 4.79 Å². The van der Waals surface area contributed by atoms with E-state index >= 15 is 0 Å². The molecule has 122 valence electrons. The highest BCUT2D eigenvalue weighted by Gasteiger charge is 2.30. The van der Waals surface area contributed by atoms with Gasteiger partial charge in [-0.1, -0.05) is 13.0 Å². The SMILES string of the molecule is COc1ccc(C)cc1NC(=O)C(C)N1CCC(C)C(O)C1. The highest BCUT2D eigenvalue weighted by molar-refractivity contribution is 5.96. The van der Waals surface area contributed by atoms with Crippen molar-refractivity contribution in [1.82, 2.24) is 4.90 Å². The van der Waals surface area contributed by atoms with E-state index in [1.165, 1.54) is 0 Å². The first kappa shape index (κ1) is 16.8. The van der Waals surface area contributed by atoms with Gasteiger partial charge in [0.05, 0.1) is 24.9 Å². The quantitative estimate of drug-likeness (QED) is 0.893. The molecule has 2 N–H and O–H groups in total. The van der Waals surface area contributed by atoms with Crippen LogP contribution in [0.1, 0.15) is 25.8 Å². The number of methoxy groups -OCH3 is 1. The van der Waals surface area contributed by atoms with E-state index in [2.05, 4.69) is 5.32 Å². The van der Waals surface area contributed by atoms with Gasteiger partial charge in [0.25, 0.3) is 0 Å². The Morgan fingerprint density at radius 1 is 1.50 bits per heavy atom. The summed E-state index contributed by atoms with van der Waals surface area (Å²) < 4.78 is 5.29. The lowest BCUT2D eigenvalue weighted by Crippen LogP contribution is -2.50. The number of anilines is 1. The van der Waals surface area contributed by atoms with E-state index in [4.69, 9.17) is 4.74 Å². The Morgan fingerprint density at radius 3 is 2.86 bits per heavy atom. The standard InChI is InChI=1S/C17H26N2O3/c1-11-5-6-16(22-4)14(9-11)18-17(21)13(3)19-8-7-12(2)15(20)10-19/h5-6,9,12-13,15,20H,7-8,10H2,1-4H3,(H,18,21). The van der Waals surface area contributed by atoms with E-state index < -0.39 is 0 Å². The maximum absolute atomic E-state index is 12.5. The van der Waals surface area contributed by atoms with Crippen LogP contribution in [0.2, 0.25) is 0 Å². The van der Waals surface area contributed by atoms with Crippen LogP contribution >= 0.6 is 0 Å². The number of benzene rings is 1. The zero-order valence-electron chi connectivity index (χ0n) is 13.8. The zero-order valence-corrected chi connectivity index (χ0v) is 13.8. The molecule has 1 aromatic carbocycles. The second-order valence-corrected chi connectivity index (χ2v) is 6.20. The molecule has 1 fully saturated rings. The van der Waals surface area contributed by atoms with Gasteiger partial charge in [0, 0.05) is 6.54 Å². The van der Waals surface area contributed by atoms with Crippen molar-refractivity contribution in [3.63, 3.8) is 0 Å². The van der Waals surface area contributed by atoms with Gasteiger partial charge in [0.1, 0.15) is 5.75 Å². The van der Waals surface area contributed by atoms with Crippen molar-refractivity contribution >= 4 is 11.6 Å². The van der Waals surface area contributed by atoms with Gasteiger partial charge in [-0.05, 0) is 50.4 Å². The van der Waals surface area contributed by atoms with Crippen molar-refractivity contribution < 1.29 is 14.6 Å². The molecule has 0 radical (unpaired) electrons. The molecule has 3 atom stereocenters. The van der Waals surface area contributed by atoms with Crippen molar-refractivity contribution in [2.75, 3.05) is 25.5 Å². The van der Waals surface area contributed by atoms with Crippen LogP contribution in [0.5, 0.6) is 5.75 Å². The Hall–Kier alpha value is -1.59. The van der Waals surface area contributed by atoms with Crippen LogP contribution in [0.15, 0.2) is 18.2 Å². The molecule has 1 heterocycles. The van der Waals surface area contributed by atoms with E-state index in [0.717, 1.165) is 18.5 Å². The molecule has 1 aromatic rings. The smallest absolute Gasteiger partial charge is 0.241 e. The third-order valence-corrected chi connectivity index (χ3v) is 4.49. The fourth-order valence-electron chi connectivity index (χ4n) is 2.75. The van der Waals surface area contributed by atoms with E-state index in [1.807, 2.05) is 43.9 Å². The van der Waals surface area contributed by atoms with E-state index in [-0.39, 0.29) is 18.1 Å². The average Bonchev–Trinajstić information content (AvgIpc) is 2.49. The summed E-state index contributed by atoms with van der Waals surface area (Å²) in [6.45, 7) is 7.27. The molecule has 0 aromatic heterocycles. The van der Waals surface area contributed by atoms with E-state index in [9.17, 15) is 9.90 Å². The number of carbonyl (C=O) groups excluding carboxylic acids is 1. The molecule has 1 aliphatic rings. The summed E-state index contributed by atoms with van der Waals surface area (Å²) in [5.74, 6) is 0.868. The number of nitrogens with zero attached hydrogens (tertiary/aromatic N) is 1. The molecule has 22 heavy (non-hydrogen) atoms. The summed E-state index contributed by atoms with van der Waals surface area (Å²) in [5.41, 5.74) is 1.75. The van der Waals surface area contributed by atoms with Crippen molar-refractivity contribution in [2.45, 2.75) is 39.3 Å². The van der Waals surface area contributed by atoms with Crippen LogP contribution < -0.4 is 10.1 Å². The lowest BCUT2D eigenvalue weighted by molar-refractivity contribution is -0.122. The predicted molar refractivity (Wildman–Crippen MR) is 87.2 cm³/mol. The molecule has 1 amide bonds. The fourth-order valence-corrected chi connectivity index (χ4v) is 2.75. The Bertz CT molecular complexity index is 533. The van der Waals surface area contributed by atoms with Crippen LogP contribution in [0.3, 0.4) is 0 Å². The number of ether oxygens (including phenoxy) is 1. The Balaban J connectivity index is 2.04. The topological polar surface area (TPSA) is 61.8 Å². The fraction of sp³-hybridized carbons (Fsp3) is 0.588. The molecule has 2 rings (SSSR count). The van der Waals surface area contributed by atoms with Gasteiger partial charge >= 0.3 is 0 Å². The molecule has 1 aliphatic heterocycles. The summed E-state index contributed by atoms with van der Waals surface area (Å²) in [7, 11) is 1.59. The van der Waals surface area contributed by atoms with Crippen LogP contribution in [-0.4, -0.2) is 48.3 Å². The molecule has 0 saturated carbocycles. The van der Waals surface area contributed by atoms with E-state index in [0.29, 0.717) is 23.9 Å². The van der Waals surface area contributed by atoms with Crippen LogP contribution in [0, 0.1) is 12.8 Å². The minimum Gasteiger partial charge on any atom is -0.495 e. The molecular formula is C17H26N2O3. The number of aliphatic hydroxyl groups is 1. The van der Waals surface area contributed by atoms with Gasteiger partial charge in [-0.3, -0.25) is 9.69 Å². The highest BCUT2D eigenvalue weighted by Crippen LogP contribution is 2.26. The number of β-amino-alcohol motifs (C(OH)–C–C–N with tert-alkyl or cyclic N) is 1. The maximum atomic E-state index is 12.5. The summed E-state index contributed by atoms with van der Waals surface area (Å²) in [5, 5.41) is 12.9. The number of hydrogen-bond donors (Lipinski definition) is 2. The lowest BCUT2D eigenvalue weighted by atomic mass is 9.95. The molecule has 0 bridgehead atoms. The summed E-state index contributed by atoms with van der Waals surface area (Å²) in [6.07, 6.45) is 0.546. The number of hydrogen-bond acceptors (Lipinski definition) is 4. The summed E-state index contributed by atoms with van der Waals surface area (Å²) >= 11 is 0. The largest absolute Gasteiger partial charge is 0.495 e. The number of aliphatic hydroxyl groups excluding tert-OH is 1.